The number of carbonyl (C=O) groups is 1. The molecule has 0 saturated carbocycles. The summed E-state index contributed by atoms with van der Waals surface area (Å²) in [6.45, 7) is 7.70. The molecule has 1 aromatic carbocycles. The molecule has 1 aliphatic heterocycles. The Balaban J connectivity index is 2.02. The minimum atomic E-state index is -0.939. The van der Waals surface area contributed by atoms with Crippen LogP contribution in [0.2, 0.25) is 0 Å². The van der Waals surface area contributed by atoms with E-state index in [1.165, 1.54) is 12.1 Å². The standard InChI is InChI=1S/C17H21BFNO4/c1-16(2)17(3,4)24-18(23-16)13(8-15(21)22)12-9-20-14-7-10(19)5-6-11(12)14/h5-7,9,13,20H,8H2,1-4H3,(H,21,22). The minimum Gasteiger partial charge on any atom is -0.481 e. The van der Waals surface area contributed by atoms with E-state index in [0.717, 1.165) is 10.9 Å². The highest BCUT2D eigenvalue weighted by Gasteiger charge is 2.54. The Morgan fingerprint density at radius 2 is 1.92 bits per heavy atom. The largest absolute Gasteiger partial charge is 0.481 e. The first-order valence-corrected chi connectivity index (χ1v) is 7.95. The maximum atomic E-state index is 13.4. The lowest BCUT2D eigenvalue weighted by molar-refractivity contribution is -0.137. The number of nitrogens with one attached hydrogen (secondary N) is 1. The minimum absolute atomic E-state index is 0.138. The molecular formula is C17H21BFNO4. The van der Waals surface area contributed by atoms with Gasteiger partial charge in [-0.2, -0.15) is 0 Å². The average molecular weight is 333 g/mol. The summed E-state index contributed by atoms with van der Waals surface area (Å²) in [5, 5.41) is 10.1. The first-order valence-electron chi connectivity index (χ1n) is 7.95. The van der Waals surface area contributed by atoms with Crippen molar-refractivity contribution >= 4 is 24.0 Å². The molecule has 1 aromatic heterocycles. The summed E-state index contributed by atoms with van der Waals surface area (Å²) in [6.07, 6.45) is 1.57. The van der Waals surface area contributed by atoms with Crippen LogP contribution in [0.25, 0.3) is 10.9 Å². The Morgan fingerprint density at radius 3 is 2.50 bits per heavy atom. The molecule has 1 aliphatic rings. The fourth-order valence-corrected chi connectivity index (χ4v) is 3.02. The zero-order valence-electron chi connectivity index (χ0n) is 14.2. The molecule has 0 aliphatic carbocycles. The van der Waals surface area contributed by atoms with E-state index in [4.69, 9.17) is 9.31 Å². The van der Waals surface area contributed by atoms with Gasteiger partial charge in [-0.15, -0.1) is 0 Å². The van der Waals surface area contributed by atoms with Crippen LogP contribution in [0.5, 0.6) is 0 Å². The maximum Gasteiger partial charge on any atom is 0.466 e. The van der Waals surface area contributed by atoms with Crippen molar-refractivity contribution in [2.45, 2.75) is 51.1 Å². The highest BCUT2D eigenvalue weighted by Crippen LogP contribution is 2.42. The average Bonchev–Trinajstić information content (AvgIpc) is 2.94. The van der Waals surface area contributed by atoms with Gasteiger partial charge in [0, 0.05) is 22.9 Å². The summed E-state index contributed by atoms with van der Waals surface area (Å²) in [5.74, 6) is -1.78. The van der Waals surface area contributed by atoms with Crippen LogP contribution in [0.3, 0.4) is 0 Å². The van der Waals surface area contributed by atoms with E-state index >= 15 is 0 Å². The Morgan fingerprint density at radius 1 is 1.29 bits per heavy atom. The van der Waals surface area contributed by atoms with E-state index in [-0.39, 0.29) is 12.2 Å². The number of hydrogen-bond acceptors (Lipinski definition) is 3. The third-order valence-electron chi connectivity index (χ3n) is 5.07. The lowest BCUT2D eigenvalue weighted by Gasteiger charge is -2.32. The number of carboxylic acid groups (broad SMARTS) is 1. The molecule has 1 atom stereocenters. The van der Waals surface area contributed by atoms with Gasteiger partial charge >= 0.3 is 13.1 Å². The lowest BCUT2D eigenvalue weighted by atomic mass is 9.66. The molecule has 128 valence electrons. The molecule has 1 saturated heterocycles. The van der Waals surface area contributed by atoms with Crippen LogP contribution < -0.4 is 0 Å². The van der Waals surface area contributed by atoms with Crippen molar-refractivity contribution < 1.29 is 23.6 Å². The fraction of sp³-hybridized carbons (Fsp3) is 0.471. The second-order valence-electron chi connectivity index (χ2n) is 7.26. The van der Waals surface area contributed by atoms with Crippen molar-refractivity contribution in [3.8, 4) is 0 Å². The molecule has 5 nitrogen and oxygen atoms in total. The van der Waals surface area contributed by atoms with Gasteiger partial charge in [-0.25, -0.2) is 4.39 Å². The van der Waals surface area contributed by atoms with Gasteiger partial charge in [-0.3, -0.25) is 4.79 Å². The van der Waals surface area contributed by atoms with Crippen LogP contribution in [0.1, 0.15) is 45.5 Å². The van der Waals surface area contributed by atoms with Crippen LogP contribution >= 0.6 is 0 Å². The lowest BCUT2D eigenvalue weighted by Crippen LogP contribution is -2.41. The second kappa shape index (κ2) is 5.60. The van der Waals surface area contributed by atoms with Gasteiger partial charge in [0.15, 0.2) is 0 Å². The van der Waals surface area contributed by atoms with Gasteiger partial charge in [0.05, 0.1) is 17.6 Å². The number of rotatable bonds is 4. The van der Waals surface area contributed by atoms with Crippen LogP contribution in [-0.2, 0) is 14.1 Å². The van der Waals surface area contributed by atoms with E-state index in [9.17, 15) is 14.3 Å². The number of aliphatic carboxylic acids is 1. The van der Waals surface area contributed by atoms with Crippen LogP contribution in [0, 0.1) is 5.82 Å². The number of H-pyrrole nitrogens is 1. The number of fused-ring (bicyclic) bond motifs is 1. The van der Waals surface area contributed by atoms with Gasteiger partial charge in [-0.1, -0.05) is 0 Å². The molecule has 0 amide bonds. The Bertz CT molecular complexity index is 770. The van der Waals surface area contributed by atoms with Crippen LogP contribution in [0.4, 0.5) is 4.39 Å². The first-order chi connectivity index (χ1) is 11.1. The molecule has 0 radical (unpaired) electrons. The predicted octanol–water partition coefficient (Wildman–Crippen LogP) is 3.50. The Hall–Kier alpha value is -1.86. The second-order valence-corrected chi connectivity index (χ2v) is 7.26. The van der Waals surface area contributed by atoms with E-state index in [1.54, 1.807) is 12.3 Å². The zero-order valence-corrected chi connectivity index (χ0v) is 14.2. The van der Waals surface area contributed by atoms with Crippen molar-refractivity contribution in [3.05, 3.63) is 35.8 Å². The highest BCUT2D eigenvalue weighted by molar-refractivity contribution is 6.48. The van der Waals surface area contributed by atoms with Gasteiger partial charge in [0.1, 0.15) is 5.82 Å². The summed E-state index contributed by atoms with van der Waals surface area (Å²) in [6, 6.07) is 4.40. The van der Waals surface area contributed by atoms with Crippen LogP contribution in [-0.4, -0.2) is 34.4 Å². The highest BCUT2D eigenvalue weighted by atomic mass is 19.1. The third-order valence-corrected chi connectivity index (χ3v) is 5.07. The van der Waals surface area contributed by atoms with Crippen molar-refractivity contribution in [1.82, 2.24) is 4.98 Å². The SMILES string of the molecule is CC1(C)OB(C(CC(=O)O)c2c[nH]c3cc(F)ccc23)OC1(C)C. The molecule has 2 heterocycles. The summed E-state index contributed by atoms with van der Waals surface area (Å²) in [5.41, 5.74) is 0.280. The summed E-state index contributed by atoms with van der Waals surface area (Å²) in [7, 11) is -0.685. The number of carboxylic acids is 1. The number of halogens is 1. The van der Waals surface area contributed by atoms with Crippen molar-refractivity contribution in [2.24, 2.45) is 0 Å². The number of aromatic nitrogens is 1. The maximum absolute atomic E-state index is 13.4. The topological polar surface area (TPSA) is 71.5 Å². The third kappa shape index (κ3) is 2.82. The van der Waals surface area contributed by atoms with Gasteiger partial charge in [0.2, 0.25) is 0 Å². The van der Waals surface area contributed by atoms with Gasteiger partial charge < -0.3 is 19.4 Å². The van der Waals surface area contributed by atoms with Crippen molar-refractivity contribution in [2.75, 3.05) is 0 Å². The molecule has 0 spiro atoms. The summed E-state index contributed by atoms with van der Waals surface area (Å²) >= 11 is 0. The normalized spacial score (nSPS) is 20.5. The van der Waals surface area contributed by atoms with Gasteiger partial charge in [0.25, 0.3) is 0 Å². The van der Waals surface area contributed by atoms with E-state index < -0.39 is 30.1 Å². The zero-order chi connectivity index (χ0) is 17.7. The number of benzene rings is 1. The molecule has 3 rings (SSSR count). The molecule has 2 N–H and O–H groups in total. The Labute approximate surface area is 140 Å². The molecule has 1 unspecified atom stereocenters. The monoisotopic (exact) mass is 333 g/mol. The van der Waals surface area contributed by atoms with E-state index in [1.807, 2.05) is 27.7 Å². The molecule has 7 heteroatoms. The predicted molar refractivity (Wildman–Crippen MR) is 89.3 cm³/mol. The molecule has 1 fully saturated rings. The fourth-order valence-electron chi connectivity index (χ4n) is 3.02. The number of aromatic amines is 1. The van der Waals surface area contributed by atoms with Gasteiger partial charge in [-0.05, 0) is 51.5 Å². The molecule has 24 heavy (non-hydrogen) atoms. The van der Waals surface area contributed by atoms with Crippen molar-refractivity contribution in [3.63, 3.8) is 0 Å². The summed E-state index contributed by atoms with van der Waals surface area (Å²) in [4.78, 5) is 14.4. The molecule has 0 bridgehead atoms. The van der Waals surface area contributed by atoms with Crippen LogP contribution in [0.15, 0.2) is 24.4 Å². The Kier molecular flexibility index (Phi) is 3.96. The first kappa shape index (κ1) is 17.0. The quantitative estimate of drug-likeness (QED) is 0.840. The molecular weight excluding hydrogens is 312 g/mol. The van der Waals surface area contributed by atoms with E-state index in [0.29, 0.717) is 5.52 Å². The smallest absolute Gasteiger partial charge is 0.466 e. The summed E-state index contributed by atoms with van der Waals surface area (Å²) < 4.78 is 25.5. The van der Waals surface area contributed by atoms with E-state index in [2.05, 4.69) is 4.98 Å². The number of hydrogen-bond donors (Lipinski definition) is 2. The van der Waals surface area contributed by atoms with Crippen molar-refractivity contribution in [1.29, 1.82) is 0 Å². The molecule has 2 aromatic rings.